The minimum Gasteiger partial charge on any atom is -0.449 e. The number of anilines is 1. The van der Waals surface area contributed by atoms with Gasteiger partial charge in [0.15, 0.2) is 6.10 Å². The van der Waals surface area contributed by atoms with E-state index >= 15 is 0 Å². The smallest absolute Gasteiger partial charge is 0.339 e. The molecule has 0 aliphatic heterocycles. The van der Waals surface area contributed by atoms with Crippen molar-refractivity contribution in [3.05, 3.63) is 95.6 Å². The number of carbonyl (C=O) groups is 2. The number of benzene rings is 4. The minimum absolute atomic E-state index is 0.376. The molecule has 1 heterocycles. The zero-order chi connectivity index (χ0) is 24.5. The van der Waals surface area contributed by atoms with Gasteiger partial charge in [-0.05, 0) is 61.5 Å². The van der Waals surface area contributed by atoms with Gasteiger partial charge in [-0.15, -0.1) is 11.3 Å². The van der Waals surface area contributed by atoms with Crippen LogP contribution in [-0.4, -0.2) is 23.0 Å². The van der Waals surface area contributed by atoms with E-state index in [-0.39, 0.29) is 5.91 Å². The molecule has 5 nitrogen and oxygen atoms in total. The zero-order valence-electron chi connectivity index (χ0n) is 19.7. The summed E-state index contributed by atoms with van der Waals surface area (Å²) in [7, 11) is 0. The molecule has 6 heteroatoms. The maximum Gasteiger partial charge on any atom is 0.339 e. The van der Waals surface area contributed by atoms with Crippen LogP contribution in [0.15, 0.2) is 78.9 Å². The number of fused-ring (bicyclic) bond motifs is 2. The molecule has 0 fully saturated rings. The van der Waals surface area contributed by atoms with Crippen molar-refractivity contribution in [3.8, 4) is 10.6 Å². The molecule has 0 spiro atoms. The van der Waals surface area contributed by atoms with Gasteiger partial charge in [0.05, 0.1) is 15.8 Å². The Balaban J connectivity index is 1.46. The summed E-state index contributed by atoms with van der Waals surface area (Å²) >= 11 is 1.58. The van der Waals surface area contributed by atoms with Crippen LogP contribution in [0.3, 0.4) is 0 Å². The number of rotatable bonds is 5. The van der Waals surface area contributed by atoms with Gasteiger partial charge in [0.2, 0.25) is 0 Å². The lowest BCUT2D eigenvalue weighted by molar-refractivity contribution is -0.123. The third-order valence-corrected chi connectivity index (χ3v) is 7.23. The van der Waals surface area contributed by atoms with E-state index in [1.165, 1.54) is 0 Å². The molecule has 5 aromatic rings. The Morgan fingerprint density at radius 2 is 1.66 bits per heavy atom. The fraction of sp³-hybridized carbons (Fsp3) is 0.138. The topological polar surface area (TPSA) is 68.3 Å². The van der Waals surface area contributed by atoms with Crippen LogP contribution < -0.4 is 5.32 Å². The van der Waals surface area contributed by atoms with Crippen molar-refractivity contribution < 1.29 is 14.3 Å². The molecule has 0 radical (unpaired) electrons. The number of carbonyl (C=O) groups excluding carboxylic acids is 2. The molecule has 0 aliphatic carbocycles. The summed E-state index contributed by atoms with van der Waals surface area (Å²) in [5, 5.41) is 5.37. The molecule has 1 unspecified atom stereocenters. The van der Waals surface area contributed by atoms with Crippen LogP contribution in [0.5, 0.6) is 0 Å². The summed E-state index contributed by atoms with van der Waals surface area (Å²) in [5.74, 6) is -0.925. The Labute approximate surface area is 207 Å². The van der Waals surface area contributed by atoms with Crippen molar-refractivity contribution in [1.29, 1.82) is 0 Å². The van der Waals surface area contributed by atoms with E-state index in [9.17, 15) is 9.59 Å². The Morgan fingerprint density at radius 3 is 2.46 bits per heavy atom. The van der Waals surface area contributed by atoms with Crippen molar-refractivity contribution in [2.75, 3.05) is 5.32 Å². The van der Waals surface area contributed by atoms with E-state index in [2.05, 4.69) is 5.32 Å². The molecule has 1 N–H and O–H groups in total. The summed E-state index contributed by atoms with van der Waals surface area (Å²) in [6.45, 7) is 5.51. The number of esters is 1. The largest absolute Gasteiger partial charge is 0.449 e. The maximum absolute atomic E-state index is 13.3. The van der Waals surface area contributed by atoms with E-state index in [0.717, 1.165) is 42.7 Å². The molecule has 174 valence electrons. The molecule has 4 aromatic carbocycles. The lowest BCUT2D eigenvalue weighted by atomic mass is 9.99. The Morgan fingerprint density at radius 1 is 0.914 bits per heavy atom. The van der Waals surface area contributed by atoms with Gasteiger partial charge in [-0.25, -0.2) is 9.78 Å². The highest BCUT2D eigenvalue weighted by molar-refractivity contribution is 7.21. The van der Waals surface area contributed by atoms with Crippen molar-refractivity contribution in [2.24, 2.45) is 0 Å². The standard InChI is InChI=1S/C29H24N2O3S/c1-17-9-6-15-23(18(17)2)30-27(32)19(3)34-29(33)22-13-8-11-20-10-7-12-21(26(20)22)28-31-24-14-4-5-16-25(24)35-28/h4-16,19H,1-3H3,(H,30,32). The van der Waals surface area contributed by atoms with Crippen molar-refractivity contribution in [3.63, 3.8) is 0 Å². The van der Waals surface area contributed by atoms with E-state index in [0.29, 0.717) is 11.3 Å². The quantitative estimate of drug-likeness (QED) is 0.277. The van der Waals surface area contributed by atoms with Crippen molar-refractivity contribution >= 4 is 49.9 Å². The highest BCUT2D eigenvalue weighted by Gasteiger charge is 2.23. The van der Waals surface area contributed by atoms with E-state index in [1.807, 2.05) is 86.6 Å². The fourth-order valence-corrected chi connectivity index (χ4v) is 5.07. The molecule has 35 heavy (non-hydrogen) atoms. The number of nitrogens with zero attached hydrogens (tertiary/aromatic N) is 1. The number of hydrogen-bond donors (Lipinski definition) is 1. The van der Waals surface area contributed by atoms with Gasteiger partial charge in [0.1, 0.15) is 5.01 Å². The number of para-hydroxylation sites is 1. The van der Waals surface area contributed by atoms with Crippen LogP contribution >= 0.6 is 11.3 Å². The summed E-state index contributed by atoms with van der Waals surface area (Å²) in [4.78, 5) is 30.9. The van der Waals surface area contributed by atoms with Crippen LogP contribution in [0.1, 0.15) is 28.4 Å². The Bertz CT molecular complexity index is 1550. The predicted octanol–water partition coefficient (Wildman–Crippen LogP) is 6.92. The molecular formula is C29H24N2O3S. The third-order valence-electron chi connectivity index (χ3n) is 6.16. The first-order chi connectivity index (χ1) is 16.9. The van der Waals surface area contributed by atoms with Crippen LogP contribution in [0.4, 0.5) is 5.69 Å². The molecule has 0 aliphatic rings. The number of amides is 1. The molecule has 1 atom stereocenters. The lowest BCUT2D eigenvalue weighted by Crippen LogP contribution is -2.30. The Hall–Kier alpha value is -4.03. The first-order valence-corrected chi connectivity index (χ1v) is 12.2. The summed E-state index contributed by atoms with van der Waals surface area (Å²) in [5.41, 5.74) is 4.95. The molecular weight excluding hydrogens is 456 g/mol. The number of thiazole rings is 1. The minimum atomic E-state index is -0.965. The van der Waals surface area contributed by atoms with Crippen molar-refractivity contribution in [1.82, 2.24) is 4.98 Å². The third kappa shape index (κ3) is 4.40. The predicted molar refractivity (Wildman–Crippen MR) is 142 cm³/mol. The first kappa shape index (κ1) is 22.7. The number of aryl methyl sites for hydroxylation is 1. The molecule has 0 saturated carbocycles. The number of nitrogens with one attached hydrogen (secondary N) is 1. The molecule has 1 aromatic heterocycles. The monoisotopic (exact) mass is 480 g/mol. The van der Waals surface area contributed by atoms with Gasteiger partial charge in [0.25, 0.3) is 5.91 Å². The van der Waals surface area contributed by atoms with E-state index in [4.69, 9.17) is 9.72 Å². The highest BCUT2D eigenvalue weighted by atomic mass is 32.1. The van der Waals surface area contributed by atoms with E-state index in [1.54, 1.807) is 24.3 Å². The lowest BCUT2D eigenvalue weighted by Gasteiger charge is -2.16. The number of aromatic nitrogens is 1. The Kier molecular flexibility index (Phi) is 6.05. The van der Waals surface area contributed by atoms with Gasteiger partial charge in [0, 0.05) is 16.6 Å². The summed E-state index contributed by atoms with van der Waals surface area (Å²) in [6.07, 6.45) is -0.965. The number of ether oxygens (including phenoxy) is 1. The van der Waals surface area contributed by atoms with Gasteiger partial charge in [-0.3, -0.25) is 4.79 Å². The first-order valence-electron chi connectivity index (χ1n) is 11.4. The van der Waals surface area contributed by atoms with Gasteiger partial charge >= 0.3 is 5.97 Å². The number of hydrogen-bond acceptors (Lipinski definition) is 5. The SMILES string of the molecule is Cc1cccc(NC(=O)C(C)OC(=O)c2cccc3cccc(-c4nc5ccccc5s4)c23)c1C. The molecule has 0 bridgehead atoms. The van der Waals surface area contributed by atoms with Crippen LogP contribution in [-0.2, 0) is 9.53 Å². The van der Waals surface area contributed by atoms with Gasteiger partial charge in [-0.2, -0.15) is 0 Å². The maximum atomic E-state index is 13.3. The summed E-state index contributed by atoms with van der Waals surface area (Å²) < 4.78 is 6.71. The second kappa shape index (κ2) is 9.31. The second-order valence-electron chi connectivity index (χ2n) is 8.48. The van der Waals surface area contributed by atoms with Crippen LogP contribution in [0, 0.1) is 13.8 Å². The molecule has 5 rings (SSSR count). The van der Waals surface area contributed by atoms with Gasteiger partial charge < -0.3 is 10.1 Å². The summed E-state index contributed by atoms with van der Waals surface area (Å²) in [6, 6.07) is 25.1. The average Bonchev–Trinajstić information content (AvgIpc) is 3.30. The van der Waals surface area contributed by atoms with Gasteiger partial charge in [-0.1, -0.05) is 54.6 Å². The zero-order valence-corrected chi connectivity index (χ0v) is 20.5. The molecule has 1 amide bonds. The normalized spacial score (nSPS) is 12.0. The average molecular weight is 481 g/mol. The highest BCUT2D eigenvalue weighted by Crippen LogP contribution is 2.36. The van der Waals surface area contributed by atoms with Crippen LogP contribution in [0.25, 0.3) is 31.6 Å². The fourth-order valence-electron chi connectivity index (χ4n) is 4.08. The second-order valence-corrected chi connectivity index (χ2v) is 9.51. The van der Waals surface area contributed by atoms with Crippen LogP contribution in [0.2, 0.25) is 0 Å². The van der Waals surface area contributed by atoms with E-state index < -0.39 is 12.1 Å². The van der Waals surface area contributed by atoms with Crippen molar-refractivity contribution in [2.45, 2.75) is 26.9 Å². The molecule has 0 saturated heterocycles.